The van der Waals surface area contributed by atoms with E-state index in [0.29, 0.717) is 11.2 Å². The molecule has 0 radical (unpaired) electrons. The lowest BCUT2D eigenvalue weighted by Crippen LogP contribution is -2.06. The summed E-state index contributed by atoms with van der Waals surface area (Å²) in [6, 6.07) is 13.6. The van der Waals surface area contributed by atoms with Crippen molar-refractivity contribution >= 4 is 43.3 Å². The zero-order valence-corrected chi connectivity index (χ0v) is 12.4. The summed E-state index contributed by atoms with van der Waals surface area (Å²) >= 11 is 3.93. The van der Waals surface area contributed by atoms with Gasteiger partial charge in [0, 0.05) is 36.2 Å². The molecule has 0 fully saturated rings. The molecule has 0 nitrogen and oxygen atoms in total. The third-order valence-corrected chi connectivity index (χ3v) is 6.68. The van der Waals surface area contributed by atoms with Gasteiger partial charge in [-0.25, -0.2) is 0 Å². The Labute approximate surface area is 125 Å². The molecule has 0 saturated heterocycles. The molecule has 1 aromatic heterocycles. The maximum absolute atomic E-state index is 2.44. The maximum Gasteiger partial charge on any atom is 0.0381 e. The van der Waals surface area contributed by atoms with E-state index in [1.54, 1.807) is 0 Å². The van der Waals surface area contributed by atoms with Crippen molar-refractivity contribution in [3.63, 3.8) is 0 Å². The molecule has 2 heteroatoms. The fraction of sp³-hybridized carbons (Fsp3) is 0.111. The fourth-order valence-corrected chi connectivity index (χ4v) is 5.82. The minimum atomic E-state index is 0.558. The second kappa shape index (κ2) is 4.00. The van der Waals surface area contributed by atoms with Crippen LogP contribution in [-0.2, 0) is 0 Å². The third-order valence-electron chi connectivity index (χ3n) is 4.22. The summed E-state index contributed by atoms with van der Waals surface area (Å²) in [5.74, 6) is 0.558. The molecule has 96 valence electrons. The van der Waals surface area contributed by atoms with Gasteiger partial charge in [0.15, 0.2) is 0 Å². The Kier molecular flexibility index (Phi) is 2.24. The van der Waals surface area contributed by atoms with E-state index in [9.17, 15) is 0 Å². The fourth-order valence-electron chi connectivity index (χ4n) is 3.26. The molecule has 0 spiro atoms. The Morgan fingerprint density at radius 1 is 0.850 bits per heavy atom. The van der Waals surface area contributed by atoms with Crippen molar-refractivity contribution < 1.29 is 0 Å². The van der Waals surface area contributed by atoms with E-state index in [0.717, 1.165) is 0 Å². The van der Waals surface area contributed by atoms with E-state index >= 15 is 0 Å². The molecule has 2 heterocycles. The normalized spacial score (nSPS) is 23.4. The number of rotatable bonds is 0. The molecule has 2 aromatic carbocycles. The zero-order chi connectivity index (χ0) is 13.1. The Bertz CT molecular complexity index is 898. The summed E-state index contributed by atoms with van der Waals surface area (Å²) in [5.41, 5.74) is 1.51. The molecule has 0 amide bonds. The van der Waals surface area contributed by atoms with Crippen LogP contribution in [-0.4, -0.2) is 5.25 Å². The molecule has 2 atom stereocenters. The van der Waals surface area contributed by atoms with Crippen LogP contribution in [0, 0.1) is 0 Å². The molecule has 1 aliphatic carbocycles. The molecule has 2 aliphatic rings. The first-order valence-corrected chi connectivity index (χ1v) is 8.56. The smallest absolute Gasteiger partial charge is 0.0381 e. The molecule has 1 aliphatic heterocycles. The van der Waals surface area contributed by atoms with E-state index in [1.165, 1.54) is 30.6 Å². The highest BCUT2D eigenvalue weighted by Crippen LogP contribution is 2.50. The van der Waals surface area contributed by atoms with E-state index in [2.05, 4.69) is 60.7 Å². The molecule has 20 heavy (non-hydrogen) atoms. The number of hydrogen-bond acceptors (Lipinski definition) is 2. The number of fused-ring (bicyclic) bond motifs is 6. The van der Waals surface area contributed by atoms with Crippen LogP contribution in [0.15, 0.2) is 65.6 Å². The average Bonchev–Trinajstić information content (AvgIpc) is 3.02. The van der Waals surface area contributed by atoms with Crippen LogP contribution < -0.4 is 0 Å². The first-order chi connectivity index (χ1) is 9.90. The van der Waals surface area contributed by atoms with Gasteiger partial charge in [0.1, 0.15) is 0 Å². The predicted molar refractivity (Wildman–Crippen MR) is 90.0 cm³/mol. The van der Waals surface area contributed by atoms with E-state index < -0.39 is 0 Å². The van der Waals surface area contributed by atoms with Gasteiger partial charge in [-0.1, -0.05) is 42.5 Å². The van der Waals surface area contributed by atoms with E-state index in [-0.39, 0.29) is 0 Å². The largest absolute Gasteiger partial charge is 0.135 e. The number of benzene rings is 2. The van der Waals surface area contributed by atoms with Gasteiger partial charge in [0.2, 0.25) is 0 Å². The van der Waals surface area contributed by atoms with Gasteiger partial charge >= 0.3 is 0 Å². The van der Waals surface area contributed by atoms with Crippen LogP contribution in [0.2, 0.25) is 0 Å². The topological polar surface area (TPSA) is 0 Å². The minimum Gasteiger partial charge on any atom is -0.135 e. The highest BCUT2D eigenvalue weighted by atomic mass is 32.2. The summed E-state index contributed by atoms with van der Waals surface area (Å²) < 4.78 is 2.82. The van der Waals surface area contributed by atoms with Gasteiger partial charge in [0.25, 0.3) is 0 Å². The first kappa shape index (κ1) is 11.2. The lowest BCUT2D eigenvalue weighted by atomic mass is 9.91. The third kappa shape index (κ3) is 1.44. The number of thioether (sulfide) groups is 1. The van der Waals surface area contributed by atoms with Crippen LogP contribution in [0.4, 0.5) is 0 Å². The van der Waals surface area contributed by atoms with Crippen LogP contribution in [0.1, 0.15) is 11.5 Å². The van der Waals surface area contributed by atoms with Crippen molar-refractivity contribution in [1.82, 2.24) is 0 Å². The van der Waals surface area contributed by atoms with Crippen molar-refractivity contribution in [2.75, 3.05) is 0 Å². The summed E-state index contributed by atoms with van der Waals surface area (Å²) in [4.78, 5) is 1.47. The summed E-state index contributed by atoms with van der Waals surface area (Å²) in [7, 11) is 0. The molecule has 0 saturated carbocycles. The molecule has 3 aromatic rings. The minimum absolute atomic E-state index is 0.558. The van der Waals surface area contributed by atoms with Crippen molar-refractivity contribution in [3.05, 3.63) is 66.3 Å². The van der Waals surface area contributed by atoms with Crippen molar-refractivity contribution in [3.8, 4) is 0 Å². The maximum atomic E-state index is 2.44. The van der Waals surface area contributed by atoms with Crippen molar-refractivity contribution in [1.29, 1.82) is 0 Å². The SMILES string of the molecule is C1=CC2Sc3cc4sc5ccccc5c4cc3C2C=C1. The Hall–Kier alpha value is -1.51. The van der Waals surface area contributed by atoms with Gasteiger partial charge in [-0.3, -0.25) is 0 Å². The molecular formula is C18H12S2. The van der Waals surface area contributed by atoms with Crippen LogP contribution in [0.25, 0.3) is 20.2 Å². The summed E-state index contributed by atoms with van der Waals surface area (Å²) in [6.45, 7) is 0. The average molecular weight is 292 g/mol. The number of hydrogen-bond donors (Lipinski definition) is 0. The molecule has 0 bridgehead atoms. The lowest BCUT2D eigenvalue weighted by Gasteiger charge is -2.14. The standard InChI is InChI=1S/C18H12S2/c1-3-7-15-11(5-1)13-9-14-12-6-2-4-8-16(12)20-18(14)10-17(13)19-15/h1-11,15H. The molecule has 5 rings (SSSR count). The highest BCUT2D eigenvalue weighted by molar-refractivity contribution is 8.00. The van der Waals surface area contributed by atoms with E-state index in [1.807, 2.05) is 23.1 Å². The Balaban J connectivity index is 1.83. The highest BCUT2D eigenvalue weighted by Gasteiger charge is 2.31. The quantitative estimate of drug-likeness (QED) is 0.509. The van der Waals surface area contributed by atoms with E-state index in [4.69, 9.17) is 0 Å². The molecule has 2 unspecified atom stereocenters. The van der Waals surface area contributed by atoms with Gasteiger partial charge in [-0.2, -0.15) is 0 Å². The number of allylic oxidation sites excluding steroid dienone is 3. The van der Waals surface area contributed by atoms with Gasteiger partial charge in [-0.15, -0.1) is 23.1 Å². The Morgan fingerprint density at radius 2 is 1.75 bits per heavy atom. The van der Waals surface area contributed by atoms with Gasteiger partial charge in [0.05, 0.1) is 0 Å². The van der Waals surface area contributed by atoms with Gasteiger partial charge in [-0.05, 0) is 23.8 Å². The second-order valence-electron chi connectivity index (χ2n) is 5.36. The Morgan fingerprint density at radius 3 is 2.75 bits per heavy atom. The van der Waals surface area contributed by atoms with Crippen LogP contribution in [0.5, 0.6) is 0 Å². The van der Waals surface area contributed by atoms with Crippen LogP contribution in [0.3, 0.4) is 0 Å². The zero-order valence-electron chi connectivity index (χ0n) is 10.7. The molecule has 0 N–H and O–H groups in total. The number of thiophene rings is 1. The first-order valence-electron chi connectivity index (χ1n) is 6.87. The van der Waals surface area contributed by atoms with Crippen molar-refractivity contribution in [2.45, 2.75) is 16.1 Å². The second-order valence-corrected chi connectivity index (χ2v) is 7.67. The van der Waals surface area contributed by atoms with Crippen molar-refractivity contribution in [2.24, 2.45) is 0 Å². The summed E-state index contributed by atoms with van der Waals surface area (Å²) in [5, 5.41) is 3.42. The lowest BCUT2D eigenvalue weighted by molar-refractivity contribution is 0.883. The molecular weight excluding hydrogens is 280 g/mol. The van der Waals surface area contributed by atoms with Crippen LogP contribution >= 0.6 is 23.1 Å². The predicted octanol–water partition coefficient (Wildman–Crippen LogP) is 5.74. The monoisotopic (exact) mass is 292 g/mol. The van der Waals surface area contributed by atoms with Gasteiger partial charge < -0.3 is 0 Å². The summed E-state index contributed by atoms with van der Waals surface area (Å²) in [6.07, 6.45) is 9.05.